The van der Waals surface area contributed by atoms with Gasteiger partial charge in [-0.3, -0.25) is 9.59 Å². The molecule has 0 aliphatic carbocycles. The molecule has 6 nitrogen and oxygen atoms in total. The molecule has 1 N–H and O–H groups in total. The van der Waals surface area contributed by atoms with Gasteiger partial charge in [0.15, 0.2) is 0 Å². The third kappa shape index (κ3) is 6.69. The summed E-state index contributed by atoms with van der Waals surface area (Å²) in [6, 6.07) is 17.6. The Morgan fingerprint density at radius 3 is 2.43 bits per heavy atom. The Bertz CT molecular complexity index is 1200. The van der Waals surface area contributed by atoms with Gasteiger partial charge < -0.3 is 10.2 Å². The molecule has 0 saturated carbocycles. The van der Waals surface area contributed by atoms with Gasteiger partial charge in [0.05, 0.1) is 11.4 Å². The topological polar surface area (TPSA) is 67.2 Å². The predicted molar refractivity (Wildman–Crippen MR) is 143 cm³/mol. The van der Waals surface area contributed by atoms with Gasteiger partial charge >= 0.3 is 0 Å². The maximum Gasteiger partial charge on any atom is 0.247 e. The molecule has 0 fully saturated rings. The van der Waals surface area contributed by atoms with Crippen molar-refractivity contribution in [2.45, 2.75) is 53.4 Å². The number of aryl methyl sites for hydroxylation is 1. The van der Waals surface area contributed by atoms with Crippen LogP contribution in [0.1, 0.15) is 56.5 Å². The number of benzene rings is 2. The molecule has 1 aromatic heterocycles. The van der Waals surface area contributed by atoms with Crippen LogP contribution in [0.25, 0.3) is 11.8 Å². The van der Waals surface area contributed by atoms with Crippen LogP contribution in [0.3, 0.4) is 0 Å². The quantitative estimate of drug-likeness (QED) is 0.429. The van der Waals surface area contributed by atoms with E-state index in [-0.39, 0.29) is 23.8 Å². The fraction of sp³-hybridized carbons (Fsp3) is 0.345. The molecule has 0 radical (unpaired) electrons. The second-order valence-corrected chi connectivity index (χ2v) is 9.85. The predicted octanol–water partition coefficient (Wildman–Crippen LogP) is 5.68. The average Bonchev–Trinajstić information content (AvgIpc) is 3.23. The standard InChI is InChI=1S/C29H36N4O2/c1-7-18-32(28(35)17-16-23-13-9-8-10-14-23)20-27(34)30-26-19-25(29(4,5)6)31-33(26)24-15-11-12-21(2)22(24)3/h8-17,19H,7,18,20H2,1-6H3,(H,30,34). The summed E-state index contributed by atoms with van der Waals surface area (Å²) in [6.07, 6.45) is 4.05. The molecule has 0 saturated heterocycles. The molecule has 3 rings (SSSR count). The van der Waals surface area contributed by atoms with Crippen LogP contribution < -0.4 is 5.32 Å². The average molecular weight is 473 g/mol. The molecular weight excluding hydrogens is 436 g/mol. The van der Waals surface area contributed by atoms with Gasteiger partial charge in [0.1, 0.15) is 12.4 Å². The summed E-state index contributed by atoms with van der Waals surface area (Å²) in [5, 5.41) is 7.84. The van der Waals surface area contributed by atoms with Crippen molar-refractivity contribution in [3.8, 4) is 5.69 Å². The van der Waals surface area contributed by atoms with Crippen molar-refractivity contribution in [2.75, 3.05) is 18.4 Å². The largest absolute Gasteiger partial charge is 0.330 e. The Balaban J connectivity index is 1.83. The van der Waals surface area contributed by atoms with Gasteiger partial charge in [-0.25, -0.2) is 4.68 Å². The van der Waals surface area contributed by atoms with Crippen molar-refractivity contribution >= 4 is 23.7 Å². The summed E-state index contributed by atoms with van der Waals surface area (Å²) in [5.74, 6) is 0.147. The van der Waals surface area contributed by atoms with Crippen molar-refractivity contribution in [3.63, 3.8) is 0 Å². The van der Waals surface area contributed by atoms with E-state index < -0.39 is 0 Å². The van der Waals surface area contributed by atoms with Crippen molar-refractivity contribution < 1.29 is 9.59 Å². The lowest BCUT2D eigenvalue weighted by molar-refractivity contribution is -0.130. The Labute approximate surface area is 208 Å². The second-order valence-electron chi connectivity index (χ2n) is 9.85. The molecule has 3 aromatic rings. The lowest BCUT2D eigenvalue weighted by Crippen LogP contribution is -2.37. The van der Waals surface area contributed by atoms with E-state index in [1.165, 1.54) is 6.08 Å². The van der Waals surface area contributed by atoms with E-state index in [9.17, 15) is 9.59 Å². The van der Waals surface area contributed by atoms with Gasteiger partial charge in [-0.1, -0.05) is 70.2 Å². The van der Waals surface area contributed by atoms with E-state index in [1.54, 1.807) is 15.7 Å². The SMILES string of the molecule is CCCN(CC(=O)Nc1cc(C(C)(C)C)nn1-c1cccc(C)c1C)C(=O)C=Cc1ccccc1. The first-order valence-corrected chi connectivity index (χ1v) is 12.1. The Morgan fingerprint density at radius 1 is 1.06 bits per heavy atom. The Hall–Kier alpha value is -3.67. The Kier molecular flexibility index (Phi) is 8.28. The minimum Gasteiger partial charge on any atom is -0.330 e. The van der Waals surface area contributed by atoms with Gasteiger partial charge in [-0.2, -0.15) is 5.10 Å². The monoisotopic (exact) mass is 472 g/mol. The zero-order valence-electron chi connectivity index (χ0n) is 21.6. The highest BCUT2D eigenvalue weighted by molar-refractivity contribution is 5.97. The van der Waals surface area contributed by atoms with E-state index >= 15 is 0 Å². The number of amides is 2. The Morgan fingerprint density at radius 2 is 1.77 bits per heavy atom. The summed E-state index contributed by atoms with van der Waals surface area (Å²) >= 11 is 0. The molecule has 0 aliphatic rings. The molecule has 0 unspecified atom stereocenters. The van der Waals surface area contributed by atoms with Crippen LogP contribution in [0, 0.1) is 13.8 Å². The number of aromatic nitrogens is 2. The van der Waals surface area contributed by atoms with E-state index in [4.69, 9.17) is 5.10 Å². The van der Waals surface area contributed by atoms with Crippen molar-refractivity contribution in [1.82, 2.24) is 14.7 Å². The minimum atomic E-state index is -0.258. The number of nitrogens with one attached hydrogen (secondary N) is 1. The number of hydrogen-bond donors (Lipinski definition) is 1. The summed E-state index contributed by atoms with van der Waals surface area (Å²) < 4.78 is 1.79. The first kappa shape index (κ1) is 25.9. The lowest BCUT2D eigenvalue weighted by Gasteiger charge is -2.20. The summed E-state index contributed by atoms with van der Waals surface area (Å²) in [6.45, 7) is 12.8. The van der Waals surface area contributed by atoms with Crippen LogP contribution in [0.15, 0.2) is 60.7 Å². The van der Waals surface area contributed by atoms with Gasteiger partial charge in [0.2, 0.25) is 11.8 Å². The number of rotatable bonds is 8. The third-order valence-corrected chi connectivity index (χ3v) is 5.91. The normalized spacial score (nSPS) is 11.6. The first-order chi connectivity index (χ1) is 16.6. The molecule has 1 heterocycles. The molecule has 35 heavy (non-hydrogen) atoms. The van der Waals surface area contributed by atoms with Gasteiger partial charge in [0.25, 0.3) is 0 Å². The molecule has 0 aliphatic heterocycles. The maximum atomic E-state index is 13.1. The molecule has 0 atom stereocenters. The maximum absolute atomic E-state index is 13.1. The molecule has 0 spiro atoms. The number of anilines is 1. The molecule has 184 valence electrons. The number of carbonyl (C=O) groups excluding carboxylic acids is 2. The number of carbonyl (C=O) groups is 2. The molecule has 2 amide bonds. The van der Waals surface area contributed by atoms with E-state index in [0.717, 1.165) is 34.5 Å². The highest BCUT2D eigenvalue weighted by Gasteiger charge is 2.23. The van der Waals surface area contributed by atoms with Gasteiger partial charge in [0, 0.05) is 24.1 Å². The van der Waals surface area contributed by atoms with Crippen molar-refractivity contribution in [2.24, 2.45) is 0 Å². The second kappa shape index (κ2) is 11.2. The van der Waals surface area contributed by atoms with Gasteiger partial charge in [-0.15, -0.1) is 0 Å². The molecule has 6 heteroatoms. The smallest absolute Gasteiger partial charge is 0.247 e. The summed E-state index contributed by atoms with van der Waals surface area (Å²) in [7, 11) is 0. The molecular formula is C29H36N4O2. The van der Waals surface area contributed by atoms with E-state index in [0.29, 0.717) is 12.4 Å². The number of nitrogens with zero attached hydrogens (tertiary/aromatic N) is 3. The molecule has 0 bridgehead atoms. The minimum absolute atomic E-state index is 0.0331. The van der Waals surface area contributed by atoms with E-state index in [1.807, 2.05) is 55.5 Å². The van der Waals surface area contributed by atoms with Crippen LogP contribution in [0.4, 0.5) is 5.82 Å². The molecule has 2 aromatic carbocycles. The zero-order valence-corrected chi connectivity index (χ0v) is 21.6. The van der Waals surface area contributed by atoms with Crippen LogP contribution >= 0.6 is 0 Å². The third-order valence-electron chi connectivity index (χ3n) is 5.91. The highest BCUT2D eigenvalue weighted by Crippen LogP contribution is 2.28. The fourth-order valence-electron chi connectivity index (χ4n) is 3.72. The van der Waals surface area contributed by atoms with Gasteiger partial charge in [-0.05, 0) is 49.1 Å². The highest BCUT2D eigenvalue weighted by atomic mass is 16.2. The summed E-state index contributed by atoms with van der Waals surface area (Å²) in [5.41, 5.74) is 4.80. The fourth-order valence-corrected chi connectivity index (χ4v) is 3.72. The van der Waals surface area contributed by atoms with E-state index in [2.05, 4.69) is 46.0 Å². The first-order valence-electron chi connectivity index (χ1n) is 12.1. The van der Waals surface area contributed by atoms with Crippen molar-refractivity contribution in [1.29, 1.82) is 0 Å². The van der Waals surface area contributed by atoms with Crippen LogP contribution in [0.2, 0.25) is 0 Å². The summed E-state index contributed by atoms with van der Waals surface area (Å²) in [4.78, 5) is 27.5. The lowest BCUT2D eigenvalue weighted by atomic mass is 9.92. The van der Waals surface area contributed by atoms with Crippen LogP contribution in [-0.2, 0) is 15.0 Å². The van der Waals surface area contributed by atoms with Crippen LogP contribution in [0.5, 0.6) is 0 Å². The zero-order chi connectivity index (χ0) is 25.6. The van der Waals surface area contributed by atoms with Crippen molar-refractivity contribution in [3.05, 3.63) is 83.1 Å². The number of hydrogen-bond acceptors (Lipinski definition) is 3. The van der Waals surface area contributed by atoms with Crippen LogP contribution in [-0.4, -0.2) is 39.6 Å².